The second kappa shape index (κ2) is 6.12. The first-order chi connectivity index (χ1) is 7.63. The van der Waals surface area contributed by atoms with Crippen LogP contribution in [0.4, 0.5) is 5.69 Å². The van der Waals surface area contributed by atoms with Crippen LogP contribution in [0.2, 0.25) is 0 Å². The molecule has 98 valence electrons. The monoisotopic (exact) mass is 258 g/mol. The lowest BCUT2D eigenvalue weighted by Crippen LogP contribution is -2.42. The topological polar surface area (TPSA) is 37.4 Å². The predicted octanol–water partition coefficient (Wildman–Crippen LogP) is 0.357. The minimum atomic E-state index is -0.507. The summed E-state index contributed by atoms with van der Waals surface area (Å²) in [7, 11) is 8.50. The standard InChI is InChI=1S/C8H11NO2S.C4H12N/c1-3-9(4-2)5-6(10)7(11)8(5)12;1-5(2,3)4/h12H,3-4H2,1-2H3;1-4H3/q;+1/p-1. The molecule has 0 saturated heterocycles. The second-order valence-corrected chi connectivity index (χ2v) is 5.60. The van der Waals surface area contributed by atoms with Gasteiger partial charge in [-0.15, -0.1) is 0 Å². The minimum absolute atomic E-state index is 0.198. The highest BCUT2D eigenvalue weighted by Gasteiger charge is 2.15. The van der Waals surface area contributed by atoms with Gasteiger partial charge in [-0.2, -0.15) is 0 Å². The quantitative estimate of drug-likeness (QED) is 0.446. The third-order valence-corrected chi connectivity index (χ3v) is 2.30. The first-order valence-electron chi connectivity index (χ1n) is 5.67. The molecule has 4 nitrogen and oxygen atoms in total. The summed E-state index contributed by atoms with van der Waals surface area (Å²) in [5, 5.41) is 0. The molecule has 0 spiro atoms. The minimum Gasteiger partial charge on any atom is -0.774 e. The predicted molar refractivity (Wildman–Crippen MR) is 74.5 cm³/mol. The second-order valence-electron chi connectivity index (χ2n) is 5.19. The van der Waals surface area contributed by atoms with Crippen LogP contribution in [0, 0.1) is 0 Å². The number of rotatable bonds is 3. The van der Waals surface area contributed by atoms with Gasteiger partial charge in [0.25, 0.3) is 0 Å². The highest BCUT2D eigenvalue weighted by atomic mass is 32.1. The summed E-state index contributed by atoms with van der Waals surface area (Å²) >= 11 is 4.76. The SMILES string of the molecule is CCN(CC)c1c([S-])c(=O)c1=O.C[N+](C)(C)C. The first-order valence-corrected chi connectivity index (χ1v) is 6.08. The lowest BCUT2D eigenvalue weighted by molar-refractivity contribution is -0.849. The molecule has 0 aliphatic carbocycles. The van der Waals surface area contributed by atoms with Crippen molar-refractivity contribution >= 4 is 18.3 Å². The Morgan fingerprint density at radius 2 is 1.35 bits per heavy atom. The summed E-state index contributed by atoms with van der Waals surface area (Å²) in [4.78, 5) is 23.8. The molecular weight excluding hydrogens is 236 g/mol. The summed E-state index contributed by atoms with van der Waals surface area (Å²) in [5.74, 6) is 0. The van der Waals surface area contributed by atoms with E-state index in [-0.39, 0.29) is 4.90 Å². The van der Waals surface area contributed by atoms with Gasteiger partial charge in [0.05, 0.1) is 33.9 Å². The zero-order valence-corrected chi connectivity index (χ0v) is 12.3. The van der Waals surface area contributed by atoms with Gasteiger partial charge in [0, 0.05) is 13.1 Å². The Morgan fingerprint density at radius 3 is 1.59 bits per heavy atom. The van der Waals surface area contributed by atoms with Crippen LogP contribution in [0.3, 0.4) is 0 Å². The summed E-state index contributed by atoms with van der Waals surface area (Å²) in [6, 6.07) is 0. The van der Waals surface area contributed by atoms with Crippen LogP contribution in [0.25, 0.3) is 0 Å². The Balaban J connectivity index is 0.000000437. The summed E-state index contributed by atoms with van der Waals surface area (Å²) < 4.78 is 1.00. The maximum atomic E-state index is 11.0. The zero-order chi connectivity index (χ0) is 13.8. The third-order valence-electron chi connectivity index (χ3n) is 1.92. The fraction of sp³-hybridized carbons (Fsp3) is 0.667. The van der Waals surface area contributed by atoms with Gasteiger partial charge in [-0.3, -0.25) is 9.59 Å². The Labute approximate surface area is 109 Å². The van der Waals surface area contributed by atoms with Crippen molar-refractivity contribution in [3.63, 3.8) is 0 Å². The number of quaternary nitrogens is 1. The van der Waals surface area contributed by atoms with Crippen molar-refractivity contribution in [3.8, 4) is 0 Å². The number of anilines is 1. The molecule has 0 aliphatic heterocycles. The van der Waals surface area contributed by atoms with Crippen LogP contribution < -0.4 is 15.8 Å². The van der Waals surface area contributed by atoms with E-state index in [2.05, 4.69) is 28.2 Å². The van der Waals surface area contributed by atoms with E-state index in [0.717, 1.165) is 4.48 Å². The van der Waals surface area contributed by atoms with E-state index in [4.69, 9.17) is 12.6 Å². The molecule has 0 aromatic heterocycles. The van der Waals surface area contributed by atoms with Crippen LogP contribution >= 0.6 is 0 Å². The van der Waals surface area contributed by atoms with Crippen molar-refractivity contribution < 1.29 is 4.48 Å². The van der Waals surface area contributed by atoms with Crippen molar-refractivity contribution in [1.29, 1.82) is 0 Å². The molecule has 1 rings (SSSR count). The van der Waals surface area contributed by atoms with Crippen molar-refractivity contribution in [2.75, 3.05) is 46.2 Å². The summed E-state index contributed by atoms with van der Waals surface area (Å²) in [6.45, 7) is 5.28. The molecule has 0 radical (unpaired) electrons. The molecule has 0 amide bonds. The highest BCUT2D eigenvalue weighted by molar-refractivity contribution is 7.59. The van der Waals surface area contributed by atoms with E-state index in [0.29, 0.717) is 18.8 Å². The van der Waals surface area contributed by atoms with Crippen molar-refractivity contribution in [2.45, 2.75) is 18.7 Å². The van der Waals surface area contributed by atoms with Crippen LogP contribution in [-0.4, -0.2) is 45.8 Å². The van der Waals surface area contributed by atoms with E-state index < -0.39 is 10.9 Å². The highest BCUT2D eigenvalue weighted by Crippen LogP contribution is 2.12. The molecule has 0 atom stereocenters. The van der Waals surface area contributed by atoms with Gasteiger partial charge in [-0.25, -0.2) is 0 Å². The van der Waals surface area contributed by atoms with E-state index >= 15 is 0 Å². The van der Waals surface area contributed by atoms with Gasteiger partial charge in [-0.1, -0.05) is 4.90 Å². The van der Waals surface area contributed by atoms with Gasteiger partial charge in [0.1, 0.15) is 0 Å². The lowest BCUT2D eigenvalue weighted by atomic mass is 10.2. The van der Waals surface area contributed by atoms with Crippen LogP contribution in [0.1, 0.15) is 13.8 Å². The van der Waals surface area contributed by atoms with E-state index in [1.165, 1.54) is 0 Å². The fourth-order valence-corrected chi connectivity index (χ4v) is 1.50. The summed E-state index contributed by atoms with van der Waals surface area (Å²) in [5.41, 5.74) is -0.504. The Kier molecular flexibility index (Phi) is 5.78. The Morgan fingerprint density at radius 1 is 1.00 bits per heavy atom. The average molecular weight is 258 g/mol. The molecule has 0 heterocycles. The van der Waals surface area contributed by atoms with Gasteiger partial charge in [-0.05, 0) is 13.8 Å². The van der Waals surface area contributed by atoms with Gasteiger partial charge in [0.15, 0.2) is 0 Å². The summed E-state index contributed by atoms with van der Waals surface area (Å²) in [6.07, 6.45) is 0. The van der Waals surface area contributed by atoms with E-state index in [1.807, 2.05) is 18.7 Å². The normalized spacial score (nSPS) is 10.9. The smallest absolute Gasteiger partial charge is 0.245 e. The molecule has 0 N–H and O–H groups in total. The molecule has 0 aliphatic rings. The molecule has 0 unspecified atom stereocenters. The molecule has 0 fully saturated rings. The third kappa shape index (κ3) is 4.83. The maximum Gasteiger partial charge on any atom is 0.245 e. The average Bonchev–Trinajstić information content (AvgIpc) is 2.22. The number of nitrogens with zero attached hydrogens (tertiary/aromatic N) is 2. The lowest BCUT2D eigenvalue weighted by Gasteiger charge is -2.27. The molecule has 0 bridgehead atoms. The van der Waals surface area contributed by atoms with E-state index in [1.54, 1.807) is 0 Å². The van der Waals surface area contributed by atoms with Crippen molar-refractivity contribution in [2.24, 2.45) is 0 Å². The fourth-order valence-electron chi connectivity index (χ4n) is 1.19. The number of hydrogen-bond acceptors (Lipinski definition) is 4. The molecule has 5 heteroatoms. The molecule has 0 saturated carbocycles. The van der Waals surface area contributed by atoms with E-state index in [9.17, 15) is 9.59 Å². The molecule has 1 aromatic carbocycles. The molecule has 1 aromatic rings. The van der Waals surface area contributed by atoms with Crippen LogP contribution in [0.15, 0.2) is 14.5 Å². The van der Waals surface area contributed by atoms with Gasteiger partial charge < -0.3 is 22.0 Å². The molecular formula is C12H22N2O2S. The largest absolute Gasteiger partial charge is 0.774 e. The maximum absolute atomic E-state index is 11.0. The number of hydrogen-bond donors (Lipinski definition) is 0. The van der Waals surface area contributed by atoms with Gasteiger partial charge >= 0.3 is 0 Å². The first kappa shape index (κ1) is 16.1. The van der Waals surface area contributed by atoms with Crippen molar-refractivity contribution in [1.82, 2.24) is 0 Å². The Bertz CT molecular complexity index is 418. The van der Waals surface area contributed by atoms with Crippen LogP contribution in [0.5, 0.6) is 0 Å². The van der Waals surface area contributed by atoms with Crippen LogP contribution in [-0.2, 0) is 12.6 Å². The van der Waals surface area contributed by atoms with Gasteiger partial charge in [0.2, 0.25) is 10.9 Å². The van der Waals surface area contributed by atoms with Crippen molar-refractivity contribution in [3.05, 3.63) is 20.4 Å². The zero-order valence-electron chi connectivity index (χ0n) is 11.5. The molecule has 17 heavy (non-hydrogen) atoms. The Hall–Kier alpha value is -0.940.